The van der Waals surface area contributed by atoms with E-state index in [-0.39, 0.29) is 26.2 Å². The Morgan fingerprint density at radius 2 is 1.78 bits per heavy atom. The average Bonchev–Trinajstić information content (AvgIpc) is 1.67. The number of hydrogen-bond acceptors (Lipinski definition) is 1. The SMILES string of the molecule is OC(Cl)C(Cl)CCCl.[Zr]. The van der Waals surface area contributed by atoms with E-state index in [0.29, 0.717) is 12.3 Å². The first-order valence-corrected chi connectivity index (χ1v) is 3.61. The van der Waals surface area contributed by atoms with Crippen LogP contribution in [0.15, 0.2) is 0 Å². The van der Waals surface area contributed by atoms with Crippen LogP contribution in [0.25, 0.3) is 0 Å². The summed E-state index contributed by atoms with van der Waals surface area (Å²) in [5.41, 5.74) is -0.976. The van der Waals surface area contributed by atoms with Crippen LogP contribution in [0.4, 0.5) is 0 Å². The largest absolute Gasteiger partial charge is 0.376 e. The molecule has 0 saturated carbocycles. The van der Waals surface area contributed by atoms with Crippen molar-refractivity contribution in [1.29, 1.82) is 0 Å². The van der Waals surface area contributed by atoms with Gasteiger partial charge in [0.05, 0.1) is 5.38 Å². The van der Waals surface area contributed by atoms with Crippen LogP contribution in [-0.4, -0.2) is 21.9 Å². The number of aliphatic hydroxyl groups is 1. The number of rotatable bonds is 3. The van der Waals surface area contributed by atoms with E-state index in [0.717, 1.165) is 0 Å². The molecule has 0 radical (unpaired) electrons. The van der Waals surface area contributed by atoms with Crippen molar-refractivity contribution in [3.63, 3.8) is 0 Å². The van der Waals surface area contributed by atoms with Crippen molar-refractivity contribution in [2.45, 2.75) is 17.4 Å². The van der Waals surface area contributed by atoms with Crippen LogP contribution < -0.4 is 0 Å². The molecule has 2 unspecified atom stereocenters. The summed E-state index contributed by atoms with van der Waals surface area (Å²) in [6, 6.07) is 0. The van der Waals surface area contributed by atoms with Gasteiger partial charge < -0.3 is 5.11 Å². The second-order valence-electron chi connectivity index (χ2n) is 1.37. The molecule has 0 fully saturated rings. The predicted molar refractivity (Wildman–Crippen MR) is 36.8 cm³/mol. The Labute approximate surface area is 88.8 Å². The first kappa shape index (κ1) is 13.3. The van der Waals surface area contributed by atoms with Crippen molar-refractivity contribution in [2.75, 3.05) is 5.88 Å². The van der Waals surface area contributed by atoms with Gasteiger partial charge in [0, 0.05) is 32.1 Å². The first-order chi connectivity index (χ1) is 3.68. The molecule has 5 heteroatoms. The third-order valence-electron chi connectivity index (χ3n) is 0.683. The zero-order chi connectivity index (χ0) is 6.57. The molecule has 0 aromatic rings. The summed E-state index contributed by atoms with van der Waals surface area (Å²) in [6.45, 7) is 0. The maximum absolute atomic E-state index is 8.53. The molecule has 0 amide bonds. The normalized spacial score (nSPS) is 16.0. The maximum atomic E-state index is 8.53. The monoisotopic (exact) mass is 266 g/mol. The van der Waals surface area contributed by atoms with E-state index >= 15 is 0 Å². The molecular formula is C4H7Cl3OZr. The third kappa shape index (κ3) is 7.61. The summed E-state index contributed by atoms with van der Waals surface area (Å²) < 4.78 is 0. The second kappa shape index (κ2) is 7.82. The van der Waals surface area contributed by atoms with Crippen LogP contribution in [0.5, 0.6) is 0 Å². The van der Waals surface area contributed by atoms with Crippen LogP contribution in [0.2, 0.25) is 0 Å². The van der Waals surface area contributed by atoms with Crippen molar-refractivity contribution in [1.82, 2.24) is 0 Å². The Kier molecular flexibility index (Phi) is 11.6. The number of halogens is 3. The van der Waals surface area contributed by atoms with E-state index in [1.54, 1.807) is 0 Å². The zero-order valence-corrected chi connectivity index (χ0v) is 9.38. The van der Waals surface area contributed by atoms with Gasteiger partial charge in [0.25, 0.3) is 0 Å². The van der Waals surface area contributed by atoms with Crippen LogP contribution in [-0.2, 0) is 26.2 Å². The van der Waals surface area contributed by atoms with Crippen molar-refractivity contribution < 1.29 is 31.3 Å². The fourth-order valence-corrected chi connectivity index (χ4v) is 0.824. The molecule has 0 aliphatic heterocycles. The van der Waals surface area contributed by atoms with Gasteiger partial charge in [0.15, 0.2) is 0 Å². The van der Waals surface area contributed by atoms with E-state index in [1.807, 2.05) is 0 Å². The Bertz CT molecular complexity index is 61.8. The molecule has 0 saturated heterocycles. The van der Waals surface area contributed by atoms with Crippen molar-refractivity contribution in [3.05, 3.63) is 0 Å². The van der Waals surface area contributed by atoms with Gasteiger partial charge in [-0.25, -0.2) is 0 Å². The Hall–Kier alpha value is 1.71. The zero-order valence-electron chi connectivity index (χ0n) is 4.65. The van der Waals surface area contributed by atoms with Gasteiger partial charge in [0.2, 0.25) is 0 Å². The summed E-state index contributed by atoms with van der Waals surface area (Å²) in [5.74, 6) is 0.429. The molecule has 0 aromatic carbocycles. The molecule has 0 aliphatic rings. The molecular weight excluding hydrogens is 262 g/mol. The molecule has 54 valence electrons. The van der Waals surface area contributed by atoms with Gasteiger partial charge in [0.1, 0.15) is 5.56 Å². The fourth-order valence-electron chi connectivity index (χ4n) is 0.242. The van der Waals surface area contributed by atoms with E-state index in [2.05, 4.69) is 0 Å². The quantitative estimate of drug-likeness (QED) is 0.774. The predicted octanol–water partition coefficient (Wildman–Crippen LogP) is 1.78. The molecule has 1 nitrogen and oxygen atoms in total. The summed E-state index contributed by atoms with van der Waals surface area (Å²) in [6.07, 6.45) is 0.535. The Balaban J connectivity index is 0. The molecule has 0 heterocycles. The number of hydrogen-bond donors (Lipinski definition) is 1. The van der Waals surface area contributed by atoms with Crippen LogP contribution >= 0.6 is 34.8 Å². The van der Waals surface area contributed by atoms with Gasteiger partial charge in [-0.05, 0) is 6.42 Å². The minimum atomic E-state index is -0.976. The van der Waals surface area contributed by atoms with E-state index in [4.69, 9.17) is 39.9 Å². The second-order valence-corrected chi connectivity index (χ2v) is 2.75. The van der Waals surface area contributed by atoms with Crippen molar-refractivity contribution in [2.24, 2.45) is 0 Å². The summed E-state index contributed by atoms with van der Waals surface area (Å²) in [7, 11) is 0. The van der Waals surface area contributed by atoms with Crippen LogP contribution in [0.3, 0.4) is 0 Å². The third-order valence-corrected chi connectivity index (χ3v) is 1.79. The summed E-state index contributed by atoms with van der Waals surface area (Å²) in [5, 5.41) is 8.10. The van der Waals surface area contributed by atoms with Crippen LogP contribution in [0, 0.1) is 0 Å². The van der Waals surface area contributed by atoms with Gasteiger partial charge in [-0.3, -0.25) is 0 Å². The summed E-state index contributed by atoms with van der Waals surface area (Å²) in [4.78, 5) is 0. The van der Waals surface area contributed by atoms with Crippen molar-refractivity contribution >= 4 is 34.8 Å². The topological polar surface area (TPSA) is 20.2 Å². The van der Waals surface area contributed by atoms with Gasteiger partial charge in [-0.1, -0.05) is 11.6 Å². The smallest absolute Gasteiger partial charge is 0.144 e. The van der Waals surface area contributed by atoms with Crippen LogP contribution in [0.1, 0.15) is 6.42 Å². The Morgan fingerprint density at radius 3 is 1.89 bits per heavy atom. The molecule has 0 bridgehead atoms. The molecule has 0 spiro atoms. The fraction of sp³-hybridized carbons (Fsp3) is 1.00. The van der Waals surface area contributed by atoms with E-state index in [1.165, 1.54) is 0 Å². The molecule has 0 rings (SSSR count). The Morgan fingerprint density at radius 1 is 1.33 bits per heavy atom. The number of aliphatic hydroxyl groups excluding tert-OH is 1. The molecule has 9 heavy (non-hydrogen) atoms. The van der Waals surface area contributed by atoms with Gasteiger partial charge in [-0.2, -0.15) is 0 Å². The van der Waals surface area contributed by atoms with Crippen molar-refractivity contribution in [3.8, 4) is 0 Å². The minimum Gasteiger partial charge on any atom is -0.376 e. The maximum Gasteiger partial charge on any atom is 0.144 e. The van der Waals surface area contributed by atoms with E-state index in [9.17, 15) is 0 Å². The van der Waals surface area contributed by atoms with Gasteiger partial charge in [-0.15, -0.1) is 23.2 Å². The van der Waals surface area contributed by atoms with Gasteiger partial charge >= 0.3 is 0 Å². The first-order valence-electron chi connectivity index (χ1n) is 2.20. The molecule has 0 aromatic heterocycles. The van der Waals surface area contributed by atoms with E-state index < -0.39 is 10.9 Å². The number of alkyl halides is 3. The molecule has 1 N–H and O–H groups in total. The molecule has 0 aliphatic carbocycles. The average molecular weight is 269 g/mol. The summed E-state index contributed by atoms with van der Waals surface area (Å²) >= 11 is 15.9. The standard InChI is InChI=1S/C4H7Cl3O.Zr/c5-2-1-3(6)4(7)8;/h3-4,8H,1-2H2;. The molecule has 2 atom stereocenters. The minimum absolute atomic E-state index is 0.